The number of fused-ring (bicyclic) bond motifs is 1. The van der Waals surface area contributed by atoms with Crippen molar-refractivity contribution in [2.24, 2.45) is 0 Å². The van der Waals surface area contributed by atoms with E-state index in [2.05, 4.69) is 27.4 Å². The smallest absolute Gasteiger partial charge is 0.103 e. The zero-order valence-corrected chi connectivity index (χ0v) is 12.9. The normalized spacial score (nSPS) is 15.3. The van der Waals surface area contributed by atoms with E-state index in [9.17, 15) is 0 Å². The average Bonchev–Trinajstić information content (AvgIpc) is 3.32. The summed E-state index contributed by atoms with van der Waals surface area (Å²) in [6.07, 6.45) is 10.1. The van der Waals surface area contributed by atoms with Crippen LogP contribution in [0, 0.1) is 11.3 Å². The highest BCUT2D eigenvalue weighted by Gasteiger charge is 2.11. The van der Waals surface area contributed by atoms with Gasteiger partial charge in [0.25, 0.3) is 0 Å². The van der Waals surface area contributed by atoms with Gasteiger partial charge in [-0.25, -0.2) is 4.52 Å². The van der Waals surface area contributed by atoms with Crippen LogP contribution >= 0.6 is 0 Å². The van der Waals surface area contributed by atoms with E-state index in [4.69, 9.17) is 5.26 Å². The molecule has 1 aliphatic rings. The van der Waals surface area contributed by atoms with Crippen LogP contribution in [0.3, 0.4) is 0 Å². The Morgan fingerprint density at radius 2 is 1.87 bits per heavy atom. The van der Waals surface area contributed by atoms with Crippen molar-refractivity contribution in [2.75, 3.05) is 19.6 Å². The Bertz CT molecular complexity index is 863. The minimum absolute atomic E-state index is 0.595. The van der Waals surface area contributed by atoms with Gasteiger partial charge in [0.2, 0.25) is 0 Å². The minimum atomic E-state index is 0.595. The van der Waals surface area contributed by atoms with Gasteiger partial charge in [-0.15, -0.1) is 0 Å². The summed E-state index contributed by atoms with van der Waals surface area (Å²) < 4.78 is 3.75. The third kappa shape index (κ3) is 2.71. The molecular formula is C17H18N6. The van der Waals surface area contributed by atoms with Crippen molar-refractivity contribution >= 4 is 5.52 Å². The van der Waals surface area contributed by atoms with E-state index < -0.39 is 0 Å². The van der Waals surface area contributed by atoms with E-state index in [1.165, 1.54) is 25.9 Å². The monoisotopic (exact) mass is 306 g/mol. The molecule has 4 heterocycles. The molecule has 0 saturated carbocycles. The highest BCUT2D eigenvalue weighted by Crippen LogP contribution is 2.20. The standard InChI is InChI=1S/C17H18N6/c18-9-15-10-20-23-13-14(3-4-17(15)23)16-11-19-22(12-16)8-7-21-5-1-2-6-21/h3-4,10-13H,1-2,5-8H2. The molecule has 1 aliphatic heterocycles. The third-order valence-corrected chi connectivity index (χ3v) is 4.45. The molecule has 0 bridgehead atoms. The van der Waals surface area contributed by atoms with Gasteiger partial charge in [0, 0.05) is 30.1 Å². The first-order valence-corrected chi connectivity index (χ1v) is 7.96. The van der Waals surface area contributed by atoms with Gasteiger partial charge in [-0.2, -0.15) is 15.5 Å². The van der Waals surface area contributed by atoms with Gasteiger partial charge in [0.05, 0.1) is 30.0 Å². The number of aromatic nitrogens is 4. The number of nitriles is 1. The number of hydrogen-bond donors (Lipinski definition) is 0. The van der Waals surface area contributed by atoms with Crippen LogP contribution in [-0.2, 0) is 6.54 Å². The van der Waals surface area contributed by atoms with Gasteiger partial charge in [-0.05, 0) is 32.0 Å². The summed E-state index contributed by atoms with van der Waals surface area (Å²) in [6.45, 7) is 4.41. The molecule has 1 saturated heterocycles. The summed E-state index contributed by atoms with van der Waals surface area (Å²) in [5.74, 6) is 0. The van der Waals surface area contributed by atoms with Crippen molar-refractivity contribution in [1.82, 2.24) is 24.3 Å². The molecule has 1 fully saturated rings. The summed E-state index contributed by atoms with van der Waals surface area (Å²) in [4.78, 5) is 2.49. The number of rotatable bonds is 4. The summed E-state index contributed by atoms with van der Waals surface area (Å²) in [7, 11) is 0. The van der Waals surface area contributed by atoms with E-state index in [0.29, 0.717) is 5.56 Å². The molecule has 0 N–H and O–H groups in total. The lowest BCUT2D eigenvalue weighted by Crippen LogP contribution is -2.24. The van der Waals surface area contributed by atoms with Crippen molar-refractivity contribution in [3.05, 3.63) is 42.5 Å². The molecule has 116 valence electrons. The maximum atomic E-state index is 9.04. The Morgan fingerprint density at radius 3 is 2.70 bits per heavy atom. The molecule has 0 aromatic carbocycles. The Hall–Kier alpha value is -2.65. The maximum Gasteiger partial charge on any atom is 0.103 e. The van der Waals surface area contributed by atoms with Crippen molar-refractivity contribution in [2.45, 2.75) is 19.4 Å². The van der Waals surface area contributed by atoms with Gasteiger partial charge in [-0.3, -0.25) is 4.68 Å². The fraction of sp³-hybridized carbons (Fsp3) is 0.353. The molecule has 6 nitrogen and oxygen atoms in total. The third-order valence-electron chi connectivity index (χ3n) is 4.45. The highest BCUT2D eigenvalue weighted by atomic mass is 15.3. The van der Waals surface area contributed by atoms with Gasteiger partial charge < -0.3 is 4.90 Å². The fourth-order valence-electron chi connectivity index (χ4n) is 3.13. The number of likely N-dealkylation sites (tertiary alicyclic amines) is 1. The maximum absolute atomic E-state index is 9.04. The fourth-order valence-corrected chi connectivity index (χ4v) is 3.13. The minimum Gasteiger partial charge on any atom is -0.301 e. The Labute approximate surface area is 134 Å². The quantitative estimate of drug-likeness (QED) is 0.741. The molecular weight excluding hydrogens is 288 g/mol. The Kier molecular flexibility index (Phi) is 3.56. The van der Waals surface area contributed by atoms with E-state index in [1.54, 1.807) is 10.7 Å². The highest BCUT2D eigenvalue weighted by molar-refractivity contribution is 5.67. The molecule has 0 unspecified atom stereocenters. The van der Waals surface area contributed by atoms with Gasteiger partial charge in [-0.1, -0.05) is 6.07 Å². The predicted molar refractivity (Wildman–Crippen MR) is 86.8 cm³/mol. The average molecular weight is 306 g/mol. The van der Waals surface area contributed by atoms with Crippen LogP contribution in [0.5, 0.6) is 0 Å². The molecule has 3 aromatic heterocycles. The van der Waals surface area contributed by atoms with Gasteiger partial charge in [0.1, 0.15) is 6.07 Å². The number of hydrogen-bond acceptors (Lipinski definition) is 4. The van der Waals surface area contributed by atoms with Crippen molar-refractivity contribution in [3.8, 4) is 17.2 Å². The van der Waals surface area contributed by atoms with Crippen LogP contribution in [0.4, 0.5) is 0 Å². The zero-order chi connectivity index (χ0) is 15.6. The van der Waals surface area contributed by atoms with Crippen LogP contribution < -0.4 is 0 Å². The molecule has 0 radical (unpaired) electrons. The van der Waals surface area contributed by atoms with Crippen molar-refractivity contribution < 1.29 is 0 Å². The lowest BCUT2D eigenvalue weighted by Gasteiger charge is -2.13. The van der Waals surface area contributed by atoms with E-state index in [1.807, 2.05) is 29.2 Å². The van der Waals surface area contributed by atoms with Crippen molar-refractivity contribution in [1.29, 1.82) is 5.26 Å². The first kappa shape index (κ1) is 14.0. The molecule has 3 aromatic rings. The first-order chi connectivity index (χ1) is 11.3. The second-order valence-electron chi connectivity index (χ2n) is 5.96. The van der Waals surface area contributed by atoms with Crippen molar-refractivity contribution in [3.63, 3.8) is 0 Å². The summed E-state index contributed by atoms with van der Waals surface area (Å²) in [5.41, 5.74) is 3.55. The summed E-state index contributed by atoms with van der Waals surface area (Å²) in [6, 6.07) is 6.10. The molecule has 4 rings (SSSR count). The topological polar surface area (TPSA) is 62.2 Å². The molecule has 0 aliphatic carbocycles. The Balaban J connectivity index is 1.52. The van der Waals surface area contributed by atoms with Crippen LogP contribution in [0.15, 0.2) is 36.9 Å². The van der Waals surface area contributed by atoms with E-state index >= 15 is 0 Å². The van der Waals surface area contributed by atoms with Crippen LogP contribution in [-0.4, -0.2) is 43.9 Å². The Morgan fingerprint density at radius 1 is 1.00 bits per heavy atom. The molecule has 0 amide bonds. The van der Waals surface area contributed by atoms with Crippen LogP contribution in [0.25, 0.3) is 16.6 Å². The summed E-state index contributed by atoms with van der Waals surface area (Å²) in [5, 5.41) is 17.7. The first-order valence-electron chi connectivity index (χ1n) is 7.96. The van der Waals surface area contributed by atoms with Crippen LogP contribution in [0.1, 0.15) is 18.4 Å². The summed E-state index contributed by atoms with van der Waals surface area (Å²) >= 11 is 0. The largest absolute Gasteiger partial charge is 0.301 e. The second kappa shape index (κ2) is 5.86. The molecule has 23 heavy (non-hydrogen) atoms. The van der Waals surface area contributed by atoms with Gasteiger partial charge >= 0.3 is 0 Å². The molecule has 0 atom stereocenters. The second-order valence-corrected chi connectivity index (χ2v) is 5.96. The molecule has 0 spiro atoms. The molecule has 6 heteroatoms. The van der Waals surface area contributed by atoms with E-state index in [-0.39, 0.29) is 0 Å². The number of nitrogens with zero attached hydrogens (tertiary/aromatic N) is 6. The lowest BCUT2D eigenvalue weighted by molar-refractivity contribution is 0.316. The lowest BCUT2D eigenvalue weighted by atomic mass is 10.1. The van der Waals surface area contributed by atoms with E-state index in [0.717, 1.165) is 29.7 Å². The van der Waals surface area contributed by atoms with Crippen LogP contribution in [0.2, 0.25) is 0 Å². The zero-order valence-electron chi connectivity index (χ0n) is 12.9. The van der Waals surface area contributed by atoms with Gasteiger partial charge in [0.15, 0.2) is 0 Å². The number of pyridine rings is 1. The SMILES string of the molecule is N#Cc1cnn2cc(-c3cnn(CCN4CCCC4)c3)ccc12. The predicted octanol–water partition coefficient (Wildman–Crippen LogP) is 2.17.